The molecule has 1 amide bonds. The van der Waals surface area contributed by atoms with E-state index in [0.29, 0.717) is 18.3 Å². The van der Waals surface area contributed by atoms with E-state index in [1.54, 1.807) is 13.1 Å². The molecule has 3 N–H and O–H groups in total. The van der Waals surface area contributed by atoms with Crippen LogP contribution in [0.1, 0.15) is 44.7 Å². The lowest BCUT2D eigenvalue weighted by molar-refractivity contribution is -0.199. The number of carbonyl (C=O) groups excluding carboxylic acids is 1. The number of benzene rings is 2. The second-order valence-corrected chi connectivity index (χ2v) is 12.3. The first-order valence-electron chi connectivity index (χ1n) is 14.1. The van der Waals surface area contributed by atoms with Gasteiger partial charge in [-0.05, 0) is 73.1 Å². The zero-order valence-electron chi connectivity index (χ0n) is 23.6. The second-order valence-electron chi connectivity index (χ2n) is 12.3. The molecule has 4 fully saturated rings. The van der Waals surface area contributed by atoms with Gasteiger partial charge in [0.2, 0.25) is 5.91 Å². The molecule has 1 aliphatic heterocycles. The largest absolute Gasteiger partial charge is 0.482 e. The van der Waals surface area contributed by atoms with Crippen LogP contribution in [0.15, 0.2) is 54.6 Å². The van der Waals surface area contributed by atoms with Crippen molar-refractivity contribution >= 4 is 18.7 Å². The summed E-state index contributed by atoms with van der Waals surface area (Å²) in [6, 6.07) is 15.9. The number of hydrogen-bond donors (Lipinski definition) is 3. The molecule has 6 atom stereocenters. The van der Waals surface area contributed by atoms with Crippen LogP contribution in [0.5, 0.6) is 0 Å². The molecule has 1 saturated heterocycles. The van der Waals surface area contributed by atoms with E-state index in [4.69, 9.17) is 9.31 Å². The van der Waals surface area contributed by atoms with E-state index in [1.807, 2.05) is 48.5 Å². The fourth-order valence-electron chi connectivity index (χ4n) is 7.02. The number of anilines is 1. The Bertz CT molecular complexity index is 1200. The van der Waals surface area contributed by atoms with Crippen LogP contribution in [0.4, 0.5) is 18.9 Å². The number of halogens is 3. The zero-order valence-corrected chi connectivity index (χ0v) is 23.6. The standard InChI is InChI=1S/C30H39BF3N3O3/c1-28(2)21-16-24(28)29(3)25(17-21)39-31(40-29)26(15-19-9-6-5-7-10-19)37-27(38)23(36-18-30(32,33)34)14-20-11-8-12-22(13-20)35-4/h5-13,21,23-26,35-36H,14-18H2,1-4H3,(H,37,38)/t21-,23?,24-,25+,26-,29-/m0/s1. The number of nitrogens with one attached hydrogen (secondary N) is 3. The monoisotopic (exact) mass is 557 g/mol. The minimum absolute atomic E-state index is 0.0760. The highest BCUT2D eigenvalue weighted by molar-refractivity contribution is 6.48. The zero-order chi connectivity index (χ0) is 28.7. The van der Waals surface area contributed by atoms with Crippen LogP contribution in [0.2, 0.25) is 0 Å². The van der Waals surface area contributed by atoms with Gasteiger partial charge in [0, 0.05) is 12.7 Å². The van der Waals surface area contributed by atoms with Gasteiger partial charge in [-0.15, -0.1) is 0 Å². The SMILES string of the molecule is CNc1cccc(CC(NCC(F)(F)F)C(=O)N[C@@H](Cc2ccccc2)B2O[C@@H]3C[C@@H]4C[C@@H](C4(C)C)[C@]3(C)O2)c1. The van der Waals surface area contributed by atoms with Gasteiger partial charge < -0.3 is 19.9 Å². The first kappa shape index (κ1) is 29.0. The van der Waals surface area contributed by atoms with E-state index >= 15 is 0 Å². The highest BCUT2D eigenvalue weighted by Gasteiger charge is 2.68. The molecule has 0 aromatic heterocycles. The quantitative estimate of drug-likeness (QED) is 0.367. The molecule has 1 heterocycles. The second kappa shape index (κ2) is 11.0. The molecular weight excluding hydrogens is 518 g/mol. The summed E-state index contributed by atoms with van der Waals surface area (Å²) in [5.74, 6) is -0.166. The summed E-state index contributed by atoms with van der Waals surface area (Å²) in [4.78, 5) is 13.7. The summed E-state index contributed by atoms with van der Waals surface area (Å²) in [5.41, 5.74) is 2.24. The van der Waals surface area contributed by atoms with E-state index in [2.05, 4.69) is 36.7 Å². The summed E-state index contributed by atoms with van der Waals surface area (Å²) >= 11 is 0. The van der Waals surface area contributed by atoms with E-state index in [-0.39, 0.29) is 17.9 Å². The molecule has 3 saturated carbocycles. The predicted molar refractivity (Wildman–Crippen MR) is 150 cm³/mol. The van der Waals surface area contributed by atoms with Gasteiger partial charge in [0.05, 0.1) is 30.2 Å². The maximum atomic E-state index is 13.7. The molecule has 1 unspecified atom stereocenters. The van der Waals surface area contributed by atoms with Crippen molar-refractivity contribution in [1.29, 1.82) is 0 Å². The van der Waals surface area contributed by atoms with Crippen LogP contribution >= 0.6 is 0 Å². The summed E-state index contributed by atoms with van der Waals surface area (Å²) in [6.45, 7) is 5.42. The molecule has 2 aromatic rings. The molecule has 2 aromatic carbocycles. The Labute approximate surface area is 234 Å². The van der Waals surface area contributed by atoms with Crippen molar-refractivity contribution in [3.63, 3.8) is 0 Å². The fourth-order valence-corrected chi connectivity index (χ4v) is 7.02. The lowest BCUT2D eigenvalue weighted by atomic mass is 9.43. The third-order valence-corrected chi connectivity index (χ3v) is 9.44. The van der Waals surface area contributed by atoms with E-state index < -0.39 is 43.3 Å². The van der Waals surface area contributed by atoms with Crippen molar-refractivity contribution in [3.05, 3.63) is 65.7 Å². The Morgan fingerprint density at radius 3 is 2.45 bits per heavy atom. The average molecular weight is 557 g/mol. The van der Waals surface area contributed by atoms with Gasteiger partial charge in [-0.25, -0.2) is 0 Å². The number of rotatable bonds is 10. The van der Waals surface area contributed by atoms with Crippen molar-refractivity contribution in [1.82, 2.24) is 10.6 Å². The Kier molecular flexibility index (Phi) is 7.98. The van der Waals surface area contributed by atoms with Crippen LogP contribution in [-0.4, -0.2) is 56.5 Å². The van der Waals surface area contributed by atoms with Crippen LogP contribution in [0, 0.1) is 17.3 Å². The summed E-state index contributed by atoms with van der Waals surface area (Å²) < 4.78 is 52.8. The third-order valence-electron chi connectivity index (χ3n) is 9.44. The Morgan fingerprint density at radius 1 is 1.05 bits per heavy atom. The average Bonchev–Trinajstić information content (AvgIpc) is 3.28. The Balaban J connectivity index is 1.37. The van der Waals surface area contributed by atoms with Crippen molar-refractivity contribution < 1.29 is 27.3 Å². The molecule has 10 heteroatoms. The van der Waals surface area contributed by atoms with Crippen LogP contribution in [0.25, 0.3) is 0 Å². The first-order valence-corrected chi connectivity index (χ1v) is 14.1. The lowest BCUT2D eigenvalue weighted by Crippen LogP contribution is -2.65. The normalized spacial score (nSPS) is 28.3. The van der Waals surface area contributed by atoms with Gasteiger partial charge in [-0.1, -0.05) is 56.3 Å². The Hall–Kier alpha value is -2.56. The molecule has 6 nitrogen and oxygen atoms in total. The smallest absolute Gasteiger partial charge is 0.404 e. The molecule has 216 valence electrons. The summed E-state index contributed by atoms with van der Waals surface area (Å²) in [7, 11) is 1.06. The Morgan fingerprint density at radius 2 is 1.77 bits per heavy atom. The summed E-state index contributed by atoms with van der Waals surface area (Å²) in [6.07, 6.45) is -2.00. The van der Waals surface area contributed by atoms with Crippen LogP contribution in [-0.2, 0) is 26.9 Å². The van der Waals surface area contributed by atoms with E-state index in [0.717, 1.165) is 29.7 Å². The molecule has 4 aliphatic rings. The van der Waals surface area contributed by atoms with Gasteiger partial charge in [-0.3, -0.25) is 10.1 Å². The molecule has 0 spiro atoms. The fraction of sp³-hybridized carbons (Fsp3) is 0.567. The summed E-state index contributed by atoms with van der Waals surface area (Å²) in [5, 5.41) is 8.51. The van der Waals surface area contributed by atoms with Gasteiger partial charge in [0.1, 0.15) is 0 Å². The molecular formula is C30H39BF3N3O3. The number of hydrogen-bond acceptors (Lipinski definition) is 5. The van der Waals surface area contributed by atoms with Gasteiger partial charge in [0.15, 0.2) is 0 Å². The molecule has 2 bridgehead atoms. The predicted octanol–water partition coefficient (Wildman–Crippen LogP) is 4.79. The minimum Gasteiger partial charge on any atom is -0.404 e. The maximum Gasteiger partial charge on any atom is 0.482 e. The van der Waals surface area contributed by atoms with Gasteiger partial charge in [-0.2, -0.15) is 13.2 Å². The lowest BCUT2D eigenvalue weighted by Gasteiger charge is -2.64. The highest BCUT2D eigenvalue weighted by atomic mass is 19.4. The van der Waals surface area contributed by atoms with Crippen LogP contribution in [0.3, 0.4) is 0 Å². The number of carbonyl (C=O) groups is 1. The minimum atomic E-state index is -4.45. The van der Waals surface area contributed by atoms with E-state index in [9.17, 15) is 18.0 Å². The van der Waals surface area contributed by atoms with Crippen molar-refractivity contribution in [2.75, 3.05) is 18.9 Å². The molecule has 0 radical (unpaired) electrons. The van der Waals surface area contributed by atoms with E-state index in [1.165, 1.54) is 0 Å². The first-order chi connectivity index (χ1) is 18.9. The van der Waals surface area contributed by atoms with Crippen molar-refractivity contribution in [2.24, 2.45) is 17.3 Å². The highest BCUT2D eigenvalue weighted by Crippen LogP contribution is 2.65. The van der Waals surface area contributed by atoms with Crippen molar-refractivity contribution in [2.45, 2.75) is 76.3 Å². The van der Waals surface area contributed by atoms with Crippen LogP contribution < -0.4 is 16.0 Å². The maximum absolute atomic E-state index is 13.7. The van der Waals surface area contributed by atoms with Crippen molar-refractivity contribution in [3.8, 4) is 0 Å². The third kappa shape index (κ3) is 5.90. The molecule has 3 aliphatic carbocycles. The molecule has 40 heavy (non-hydrogen) atoms. The molecule has 6 rings (SSSR count). The van der Waals surface area contributed by atoms with Gasteiger partial charge >= 0.3 is 13.3 Å². The van der Waals surface area contributed by atoms with Gasteiger partial charge in [0.25, 0.3) is 0 Å². The topological polar surface area (TPSA) is 71.6 Å². The number of alkyl halides is 3. The number of amides is 1.